The van der Waals surface area contributed by atoms with Crippen molar-refractivity contribution in [1.29, 1.82) is 0 Å². The van der Waals surface area contributed by atoms with Crippen LogP contribution in [0.3, 0.4) is 0 Å². The summed E-state index contributed by atoms with van der Waals surface area (Å²) in [4.78, 5) is 19.4. The Morgan fingerprint density at radius 3 is 2.89 bits per heavy atom. The number of fused-ring (bicyclic) bond motifs is 1. The van der Waals surface area contributed by atoms with E-state index in [2.05, 4.69) is 20.4 Å². The first-order chi connectivity index (χ1) is 13.6. The first kappa shape index (κ1) is 17.8. The second-order valence-electron chi connectivity index (χ2n) is 6.36. The molecule has 2 aromatic heterocycles. The fourth-order valence-electron chi connectivity index (χ4n) is 2.95. The SMILES string of the molecule is O=C(CCCn1cccn1)Nc1ccc2nc(-c3cc(F)ccc3F)[nH]c2c1. The van der Waals surface area contributed by atoms with E-state index in [1.165, 1.54) is 0 Å². The summed E-state index contributed by atoms with van der Waals surface area (Å²) in [5.74, 6) is -0.983. The van der Waals surface area contributed by atoms with Crippen LogP contribution in [-0.2, 0) is 11.3 Å². The average molecular weight is 381 g/mol. The lowest BCUT2D eigenvalue weighted by Crippen LogP contribution is -2.12. The summed E-state index contributed by atoms with van der Waals surface area (Å²) in [6.45, 7) is 0.669. The molecule has 0 aliphatic heterocycles. The van der Waals surface area contributed by atoms with Crippen molar-refractivity contribution in [3.63, 3.8) is 0 Å². The molecule has 4 aromatic rings. The Labute approximate surface area is 159 Å². The molecule has 0 spiro atoms. The molecule has 1 amide bonds. The fourth-order valence-corrected chi connectivity index (χ4v) is 2.95. The van der Waals surface area contributed by atoms with Crippen molar-refractivity contribution in [1.82, 2.24) is 19.7 Å². The molecule has 0 aliphatic rings. The maximum Gasteiger partial charge on any atom is 0.224 e. The van der Waals surface area contributed by atoms with Gasteiger partial charge in [-0.1, -0.05) is 0 Å². The van der Waals surface area contributed by atoms with Gasteiger partial charge in [0.2, 0.25) is 5.91 Å². The number of aromatic amines is 1. The first-order valence-corrected chi connectivity index (χ1v) is 8.81. The number of rotatable bonds is 6. The summed E-state index contributed by atoms with van der Waals surface area (Å²) in [5.41, 5.74) is 1.87. The van der Waals surface area contributed by atoms with Gasteiger partial charge >= 0.3 is 0 Å². The van der Waals surface area contributed by atoms with E-state index in [4.69, 9.17) is 0 Å². The number of nitrogens with one attached hydrogen (secondary N) is 2. The molecule has 6 nitrogen and oxygen atoms in total. The molecule has 142 valence electrons. The third-order valence-corrected chi connectivity index (χ3v) is 4.30. The Morgan fingerprint density at radius 2 is 2.07 bits per heavy atom. The summed E-state index contributed by atoms with van der Waals surface area (Å²) < 4.78 is 29.2. The molecular weight excluding hydrogens is 364 g/mol. The fraction of sp³-hybridized carbons (Fsp3) is 0.150. The summed E-state index contributed by atoms with van der Waals surface area (Å²) in [5, 5.41) is 6.93. The van der Waals surface area contributed by atoms with E-state index in [1.54, 1.807) is 29.1 Å². The quantitative estimate of drug-likeness (QED) is 0.527. The predicted octanol–water partition coefficient (Wildman–Crippen LogP) is 4.12. The maximum atomic E-state index is 14.0. The number of aryl methyl sites for hydroxylation is 1. The van der Waals surface area contributed by atoms with E-state index in [1.807, 2.05) is 12.3 Å². The van der Waals surface area contributed by atoms with Gasteiger partial charge in [-0.05, 0) is 48.9 Å². The Hall–Kier alpha value is -3.55. The summed E-state index contributed by atoms with van der Waals surface area (Å²) in [6, 6.07) is 10.2. The standard InChI is InChI=1S/C20H17F2N5O/c21-13-4-6-16(22)15(11-13)20-25-17-7-5-14(12-18(17)26-20)24-19(28)3-1-9-27-10-2-8-23-27/h2,4-8,10-12H,1,3,9H2,(H,24,28)(H,25,26). The molecule has 0 aliphatic carbocycles. The van der Waals surface area contributed by atoms with Crippen molar-refractivity contribution >= 4 is 22.6 Å². The van der Waals surface area contributed by atoms with Crippen LogP contribution in [-0.4, -0.2) is 25.7 Å². The van der Waals surface area contributed by atoms with Crippen LogP contribution in [0.25, 0.3) is 22.4 Å². The number of anilines is 1. The van der Waals surface area contributed by atoms with Gasteiger partial charge in [-0.15, -0.1) is 0 Å². The van der Waals surface area contributed by atoms with Gasteiger partial charge in [-0.3, -0.25) is 9.48 Å². The Bertz CT molecular complexity index is 1120. The zero-order chi connectivity index (χ0) is 19.5. The smallest absolute Gasteiger partial charge is 0.224 e. The minimum Gasteiger partial charge on any atom is -0.338 e. The van der Waals surface area contributed by atoms with E-state index in [0.717, 1.165) is 18.2 Å². The summed E-state index contributed by atoms with van der Waals surface area (Å²) in [7, 11) is 0. The van der Waals surface area contributed by atoms with Crippen molar-refractivity contribution in [2.75, 3.05) is 5.32 Å². The number of benzene rings is 2. The van der Waals surface area contributed by atoms with E-state index in [0.29, 0.717) is 36.1 Å². The van der Waals surface area contributed by atoms with Crippen molar-refractivity contribution in [3.8, 4) is 11.4 Å². The van der Waals surface area contributed by atoms with Crippen LogP contribution < -0.4 is 5.32 Å². The zero-order valence-electron chi connectivity index (χ0n) is 14.8. The molecule has 0 bridgehead atoms. The van der Waals surface area contributed by atoms with Gasteiger partial charge < -0.3 is 10.3 Å². The second kappa shape index (κ2) is 7.59. The maximum absolute atomic E-state index is 14.0. The number of carbonyl (C=O) groups excluding carboxylic acids is 1. The average Bonchev–Trinajstić information content (AvgIpc) is 3.33. The number of nitrogens with zero attached hydrogens (tertiary/aromatic N) is 3. The van der Waals surface area contributed by atoms with E-state index in [9.17, 15) is 13.6 Å². The van der Waals surface area contributed by atoms with E-state index >= 15 is 0 Å². The Morgan fingerprint density at radius 1 is 1.18 bits per heavy atom. The molecule has 2 N–H and O–H groups in total. The van der Waals surface area contributed by atoms with Crippen molar-refractivity contribution in [3.05, 3.63) is 66.5 Å². The lowest BCUT2D eigenvalue weighted by Gasteiger charge is -2.05. The molecule has 8 heteroatoms. The molecule has 0 unspecified atom stereocenters. The highest BCUT2D eigenvalue weighted by atomic mass is 19.1. The zero-order valence-corrected chi connectivity index (χ0v) is 14.8. The van der Waals surface area contributed by atoms with Crippen LogP contribution in [0.1, 0.15) is 12.8 Å². The van der Waals surface area contributed by atoms with E-state index < -0.39 is 11.6 Å². The summed E-state index contributed by atoms with van der Waals surface area (Å²) >= 11 is 0. The first-order valence-electron chi connectivity index (χ1n) is 8.81. The van der Waals surface area contributed by atoms with Gasteiger partial charge in [0.15, 0.2) is 0 Å². The molecule has 0 fully saturated rings. The number of amides is 1. The number of H-pyrrole nitrogens is 1. The van der Waals surface area contributed by atoms with Crippen LogP contribution in [0.5, 0.6) is 0 Å². The Balaban J connectivity index is 1.45. The molecule has 0 atom stereocenters. The minimum absolute atomic E-state index is 0.0559. The van der Waals surface area contributed by atoms with E-state index in [-0.39, 0.29) is 17.3 Å². The highest BCUT2D eigenvalue weighted by Gasteiger charge is 2.12. The van der Waals surface area contributed by atoms with Crippen LogP contribution in [0.15, 0.2) is 54.9 Å². The van der Waals surface area contributed by atoms with Crippen LogP contribution in [0, 0.1) is 11.6 Å². The van der Waals surface area contributed by atoms with Gasteiger partial charge in [0.1, 0.15) is 17.5 Å². The Kier molecular flexibility index (Phi) is 4.84. The van der Waals surface area contributed by atoms with Crippen molar-refractivity contribution in [2.24, 2.45) is 0 Å². The monoisotopic (exact) mass is 381 g/mol. The summed E-state index contributed by atoms with van der Waals surface area (Å²) in [6.07, 6.45) is 4.58. The number of halogens is 2. The van der Waals surface area contributed by atoms with Crippen molar-refractivity contribution in [2.45, 2.75) is 19.4 Å². The molecular formula is C20H17F2N5O. The van der Waals surface area contributed by atoms with Gasteiger partial charge in [0.25, 0.3) is 0 Å². The third kappa shape index (κ3) is 3.90. The number of imidazole rings is 1. The molecule has 28 heavy (non-hydrogen) atoms. The largest absolute Gasteiger partial charge is 0.338 e. The van der Waals surface area contributed by atoms with Crippen LogP contribution in [0.2, 0.25) is 0 Å². The molecule has 0 saturated carbocycles. The number of hydrogen-bond donors (Lipinski definition) is 2. The van der Waals surface area contributed by atoms with Crippen LogP contribution in [0.4, 0.5) is 14.5 Å². The third-order valence-electron chi connectivity index (χ3n) is 4.30. The lowest BCUT2D eigenvalue weighted by atomic mass is 10.2. The molecule has 0 saturated heterocycles. The molecule has 2 aromatic carbocycles. The molecule has 4 rings (SSSR count). The highest BCUT2D eigenvalue weighted by molar-refractivity contribution is 5.93. The topological polar surface area (TPSA) is 75.6 Å². The van der Waals surface area contributed by atoms with Gasteiger partial charge in [0, 0.05) is 31.0 Å². The van der Waals surface area contributed by atoms with Crippen molar-refractivity contribution < 1.29 is 13.6 Å². The number of carbonyl (C=O) groups is 1. The highest BCUT2D eigenvalue weighted by Crippen LogP contribution is 2.25. The molecule has 2 heterocycles. The van der Waals surface area contributed by atoms with Crippen LogP contribution >= 0.6 is 0 Å². The number of hydrogen-bond acceptors (Lipinski definition) is 3. The lowest BCUT2D eigenvalue weighted by molar-refractivity contribution is -0.116. The van der Waals surface area contributed by atoms with Gasteiger partial charge in [0.05, 0.1) is 16.6 Å². The number of aromatic nitrogens is 4. The predicted molar refractivity (Wildman–Crippen MR) is 102 cm³/mol. The normalized spacial score (nSPS) is 11.1. The molecule has 0 radical (unpaired) electrons. The minimum atomic E-state index is -0.564. The second-order valence-corrected chi connectivity index (χ2v) is 6.36. The van der Waals surface area contributed by atoms with Gasteiger partial charge in [-0.25, -0.2) is 13.8 Å². The van der Waals surface area contributed by atoms with Gasteiger partial charge in [-0.2, -0.15) is 5.10 Å².